The number of benzene rings is 2. The second-order valence-electron chi connectivity index (χ2n) is 8.20. The quantitative estimate of drug-likeness (QED) is 0.612. The molecule has 1 aliphatic rings. The molecule has 0 aliphatic carbocycles. The van der Waals surface area contributed by atoms with Gasteiger partial charge in [0.2, 0.25) is 15.9 Å². The summed E-state index contributed by atoms with van der Waals surface area (Å²) in [5.41, 5.74) is 0.795. The molecule has 1 fully saturated rings. The largest absolute Gasteiger partial charge is 0.497 e. The van der Waals surface area contributed by atoms with Crippen molar-refractivity contribution in [1.82, 2.24) is 9.62 Å². The third-order valence-electron chi connectivity index (χ3n) is 5.87. The first kappa shape index (κ1) is 24.7. The van der Waals surface area contributed by atoms with E-state index in [1.54, 1.807) is 36.4 Å². The summed E-state index contributed by atoms with van der Waals surface area (Å²) in [6.45, 7) is 4.33. The zero-order valence-corrected chi connectivity index (χ0v) is 20.0. The first-order chi connectivity index (χ1) is 15.8. The standard InChI is InChI=1S/C24H31N3O5S/c1-4-17(2)25-24(29)21-9-5-6-10-22(21)26-23(28)18-8-7-15-27(16-18)33(30,31)20-13-11-19(32-3)12-14-20/h5-6,9-14,17-18H,4,7-8,15-16H2,1-3H3,(H,25,29)(H,26,28)/t17-,18-/m1/s1. The molecule has 0 aromatic heterocycles. The van der Waals surface area contributed by atoms with E-state index in [0.717, 1.165) is 6.42 Å². The van der Waals surface area contributed by atoms with E-state index < -0.39 is 15.9 Å². The number of piperidine rings is 1. The number of nitrogens with zero attached hydrogens (tertiary/aromatic N) is 1. The van der Waals surface area contributed by atoms with Crippen LogP contribution in [0.5, 0.6) is 5.75 Å². The van der Waals surface area contributed by atoms with Crippen LogP contribution in [0, 0.1) is 5.92 Å². The molecule has 9 heteroatoms. The number of methoxy groups -OCH3 is 1. The van der Waals surface area contributed by atoms with Gasteiger partial charge in [-0.25, -0.2) is 8.42 Å². The molecule has 0 radical (unpaired) electrons. The number of hydrogen-bond donors (Lipinski definition) is 2. The highest BCUT2D eigenvalue weighted by Crippen LogP contribution is 2.26. The average molecular weight is 474 g/mol. The van der Waals surface area contributed by atoms with Crippen molar-refractivity contribution in [3.05, 3.63) is 54.1 Å². The van der Waals surface area contributed by atoms with Crippen LogP contribution in [-0.4, -0.2) is 50.8 Å². The monoisotopic (exact) mass is 473 g/mol. The Morgan fingerprint density at radius 2 is 1.85 bits per heavy atom. The minimum Gasteiger partial charge on any atom is -0.497 e. The van der Waals surface area contributed by atoms with Crippen LogP contribution in [0.4, 0.5) is 5.69 Å². The first-order valence-electron chi connectivity index (χ1n) is 11.1. The lowest BCUT2D eigenvalue weighted by atomic mass is 9.98. The highest BCUT2D eigenvalue weighted by Gasteiger charge is 2.33. The highest BCUT2D eigenvalue weighted by atomic mass is 32.2. The lowest BCUT2D eigenvalue weighted by molar-refractivity contribution is -0.120. The Kier molecular flexibility index (Phi) is 8.10. The lowest BCUT2D eigenvalue weighted by Crippen LogP contribution is -2.43. The van der Waals surface area contributed by atoms with E-state index in [9.17, 15) is 18.0 Å². The summed E-state index contributed by atoms with van der Waals surface area (Å²) in [5, 5.41) is 5.75. The summed E-state index contributed by atoms with van der Waals surface area (Å²) in [4.78, 5) is 25.8. The Labute approximate surface area is 195 Å². The van der Waals surface area contributed by atoms with E-state index in [0.29, 0.717) is 36.4 Å². The number of ether oxygens (including phenoxy) is 1. The summed E-state index contributed by atoms with van der Waals surface area (Å²) in [6.07, 6.45) is 1.94. The molecule has 2 aromatic carbocycles. The molecule has 1 aliphatic heterocycles. The van der Waals surface area contributed by atoms with Gasteiger partial charge < -0.3 is 15.4 Å². The molecule has 0 saturated carbocycles. The van der Waals surface area contributed by atoms with Gasteiger partial charge in [0.1, 0.15) is 5.75 Å². The molecule has 2 amide bonds. The number of anilines is 1. The van der Waals surface area contributed by atoms with E-state index in [-0.39, 0.29) is 29.3 Å². The van der Waals surface area contributed by atoms with Crippen molar-refractivity contribution in [2.24, 2.45) is 5.92 Å². The molecule has 178 valence electrons. The van der Waals surface area contributed by atoms with Gasteiger partial charge in [0.25, 0.3) is 5.91 Å². The number of carbonyl (C=O) groups excluding carboxylic acids is 2. The number of rotatable bonds is 8. The van der Waals surface area contributed by atoms with Crippen LogP contribution in [0.15, 0.2) is 53.4 Å². The normalized spacial score (nSPS) is 17.7. The van der Waals surface area contributed by atoms with E-state index in [1.807, 2.05) is 13.8 Å². The molecule has 0 spiro atoms. The molecule has 2 aromatic rings. The average Bonchev–Trinajstić information content (AvgIpc) is 2.84. The topological polar surface area (TPSA) is 105 Å². The second-order valence-corrected chi connectivity index (χ2v) is 10.1. The summed E-state index contributed by atoms with van der Waals surface area (Å²) in [7, 11) is -2.21. The molecule has 1 heterocycles. The molecule has 33 heavy (non-hydrogen) atoms. The van der Waals surface area contributed by atoms with Crippen LogP contribution in [0.25, 0.3) is 0 Å². The number of para-hydroxylation sites is 1. The van der Waals surface area contributed by atoms with Crippen molar-refractivity contribution in [2.45, 2.75) is 44.0 Å². The minimum atomic E-state index is -3.73. The van der Waals surface area contributed by atoms with Crippen LogP contribution >= 0.6 is 0 Å². The van der Waals surface area contributed by atoms with Gasteiger partial charge in [0.05, 0.1) is 29.2 Å². The molecule has 2 N–H and O–H groups in total. The van der Waals surface area contributed by atoms with Gasteiger partial charge in [-0.15, -0.1) is 0 Å². The highest BCUT2D eigenvalue weighted by molar-refractivity contribution is 7.89. The van der Waals surface area contributed by atoms with Gasteiger partial charge >= 0.3 is 0 Å². The fourth-order valence-electron chi connectivity index (χ4n) is 3.70. The van der Waals surface area contributed by atoms with Crippen LogP contribution in [0.2, 0.25) is 0 Å². The van der Waals surface area contributed by atoms with Gasteiger partial charge in [0.15, 0.2) is 0 Å². The Morgan fingerprint density at radius 3 is 2.52 bits per heavy atom. The zero-order valence-electron chi connectivity index (χ0n) is 19.2. The van der Waals surface area contributed by atoms with Crippen LogP contribution in [0.3, 0.4) is 0 Å². The molecule has 3 rings (SSSR count). The number of carbonyl (C=O) groups is 2. The maximum atomic E-state index is 13.1. The third-order valence-corrected chi connectivity index (χ3v) is 7.75. The van der Waals surface area contributed by atoms with E-state index in [2.05, 4.69) is 10.6 Å². The Bertz CT molecular complexity index is 1090. The van der Waals surface area contributed by atoms with Crippen LogP contribution in [0.1, 0.15) is 43.5 Å². The number of hydrogen-bond acceptors (Lipinski definition) is 5. The Morgan fingerprint density at radius 1 is 1.15 bits per heavy atom. The van der Waals surface area contributed by atoms with E-state index in [1.165, 1.54) is 23.5 Å². The van der Waals surface area contributed by atoms with Gasteiger partial charge in [0, 0.05) is 19.1 Å². The molecular formula is C24H31N3O5S. The van der Waals surface area contributed by atoms with Gasteiger partial charge in [-0.3, -0.25) is 9.59 Å². The second kappa shape index (κ2) is 10.8. The van der Waals surface area contributed by atoms with Gasteiger partial charge in [-0.2, -0.15) is 4.31 Å². The minimum absolute atomic E-state index is 0.0105. The van der Waals surface area contributed by atoms with Crippen molar-refractivity contribution in [3.63, 3.8) is 0 Å². The van der Waals surface area contributed by atoms with Gasteiger partial charge in [-0.05, 0) is 62.6 Å². The lowest BCUT2D eigenvalue weighted by Gasteiger charge is -2.31. The maximum Gasteiger partial charge on any atom is 0.253 e. The van der Waals surface area contributed by atoms with Crippen LogP contribution < -0.4 is 15.4 Å². The number of amides is 2. The molecule has 0 bridgehead atoms. The maximum absolute atomic E-state index is 13.1. The Hall–Kier alpha value is -2.91. The van der Waals surface area contributed by atoms with E-state index >= 15 is 0 Å². The molecular weight excluding hydrogens is 442 g/mol. The van der Waals surface area contributed by atoms with Crippen molar-refractivity contribution in [1.29, 1.82) is 0 Å². The molecule has 1 saturated heterocycles. The molecule has 0 unspecified atom stereocenters. The van der Waals surface area contributed by atoms with Crippen molar-refractivity contribution < 1.29 is 22.7 Å². The molecule has 8 nitrogen and oxygen atoms in total. The summed E-state index contributed by atoms with van der Waals surface area (Å²) in [6, 6.07) is 13.0. The molecule has 2 atom stereocenters. The fraction of sp³-hybridized carbons (Fsp3) is 0.417. The Balaban J connectivity index is 1.72. The van der Waals surface area contributed by atoms with Crippen molar-refractivity contribution >= 4 is 27.5 Å². The summed E-state index contributed by atoms with van der Waals surface area (Å²) in [5.74, 6) is -0.501. The SMILES string of the molecule is CC[C@@H](C)NC(=O)c1ccccc1NC(=O)[C@@H]1CCCN(S(=O)(=O)c2ccc(OC)cc2)C1. The predicted octanol–water partition coefficient (Wildman–Crippen LogP) is 3.26. The first-order valence-corrected chi connectivity index (χ1v) is 12.5. The number of nitrogens with one attached hydrogen (secondary N) is 2. The number of sulfonamides is 1. The van der Waals surface area contributed by atoms with E-state index in [4.69, 9.17) is 4.74 Å². The summed E-state index contributed by atoms with van der Waals surface area (Å²) < 4.78 is 32.6. The van der Waals surface area contributed by atoms with Gasteiger partial charge in [-0.1, -0.05) is 19.1 Å². The smallest absolute Gasteiger partial charge is 0.253 e. The summed E-state index contributed by atoms with van der Waals surface area (Å²) >= 11 is 0. The zero-order chi connectivity index (χ0) is 24.0. The predicted molar refractivity (Wildman–Crippen MR) is 127 cm³/mol. The fourth-order valence-corrected chi connectivity index (χ4v) is 5.22. The van der Waals surface area contributed by atoms with Crippen molar-refractivity contribution in [2.75, 3.05) is 25.5 Å². The van der Waals surface area contributed by atoms with Crippen molar-refractivity contribution in [3.8, 4) is 5.75 Å². The van der Waals surface area contributed by atoms with Crippen LogP contribution in [-0.2, 0) is 14.8 Å². The third kappa shape index (κ3) is 5.91.